The molecular weight excluding hydrogens is 523 g/mol. The highest BCUT2D eigenvalue weighted by atomic mass is 79.9. The molecule has 7 nitrogen and oxygen atoms in total. The van der Waals surface area contributed by atoms with E-state index in [-0.39, 0.29) is 4.47 Å². The number of hydrazone groups is 1. The van der Waals surface area contributed by atoms with Gasteiger partial charge in [-0.25, -0.2) is 4.98 Å². The van der Waals surface area contributed by atoms with Gasteiger partial charge in [0.2, 0.25) is 0 Å². The highest BCUT2D eigenvalue weighted by Crippen LogP contribution is 2.34. The van der Waals surface area contributed by atoms with Crippen LogP contribution in [0.3, 0.4) is 0 Å². The summed E-state index contributed by atoms with van der Waals surface area (Å²) in [6.07, 6.45) is 3.27. The Morgan fingerprint density at radius 1 is 1.12 bits per heavy atom. The maximum atomic E-state index is 13.1. The van der Waals surface area contributed by atoms with Crippen LogP contribution in [0.4, 0.5) is 13.2 Å². The third-order valence-corrected chi connectivity index (χ3v) is 7.40. The van der Waals surface area contributed by atoms with E-state index < -0.39 is 26.7 Å². The fraction of sp³-hybridized carbons (Fsp3) is 0.0952. The predicted octanol–water partition coefficient (Wildman–Crippen LogP) is 4.83. The number of aromatic nitrogens is 3. The van der Waals surface area contributed by atoms with Gasteiger partial charge in [-0.05, 0) is 52.3 Å². The van der Waals surface area contributed by atoms with Crippen LogP contribution in [0, 0.1) is 0 Å². The van der Waals surface area contributed by atoms with Gasteiger partial charge in [0.25, 0.3) is 10.0 Å². The van der Waals surface area contributed by atoms with Crippen LogP contribution in [-0.4, -0.2) is 40.5 Å². The lowest BCUT2D eigenvalue weighted by Gasteiger charge is -2.16. The summed E-state index contributed by atoms with van der Waals surface area (Å²) in [6, 6.07) is 9.78. The normalized spacial score (nSPS) is 12.5. The molecule has 0 N–H and O–H groups in total. The lowest BCUT2D eigenvalue weighted by Crippen LogP contribution is -2.23. The number of imidazole rings is 1. The van der Waals surface area contributed by atoms with Gasteiger partial charge >= 0.3 is 6.18 Å². The molecule has 0 aliphatic carbocycles. The molecule has 0 atom stereocenters. The maximum Gasteiger partial charge on any atom is 0.416 e. The zero-order chi connectivity index (χ0) is 23.8. The number of fused-ring (bicyclic) bond motifs is 1. The number of sulfonamides is 1. The molecule has 3 aromatic heterocycles. The summed E-state index contributed by atoms with van der Waals surface area (Å²) < 4.78 is 67.3. The average molecular weight is 538 g/mol. The van der Waals surface area contributed by atoms with Gasteiger partial charge < -0.3 is 0 Å². The summed E-state index contributed by atoms with van der Waals surface area (Å²) in [5.74, 6) is 0. The first-order valence-corrected chi connectivity index (χ1v) is 11.6. The van der Waals surface area contributed by atoms with E-state index in [0.29, 0.717) is 21.8 Å². The van der Waals surface area contributed by atoms with Gasteiger partial charge in [0.05, 0.1) is 23.7 Å². The Morgan fingerprint density at radius 2 is 1.91 bits per heavy atom. The first-order valence-electron chi connectivity index (χ1n) is 9.34. The molecule has 0 saturated heterocycles. The standard InChI is InChI=1S/C21H15BrF3N5O2S/c1-29(33(31,32)19-9-16(21(23,24)25)5-6-18(19)22)28-12-17-11-27-20-7-4-15(13-30(17)20)14-3-2-8-26-10-14/h2-13H,1H3/b28-12+. The van der Waals surface area contributed by atoms with Crippen LogP contribution < -0.4 is 0 Å². The largest absolute Gasteiger partial charge is 0.416 e. The molecule has 3 heterocycles. The summed E-state index contributed by atoms with van der Waals surface area (Å²) in [6.45, 7) is 0. The Morgan fingerprint density at radius 3 is 2.61 bits per heavy atom. The van der Waals surface area contributed by atoms with Gasteiger partial charge in [-0.1, -0.05) is 6.07 Å². The van der Waals surface area contributed by atoms with E-state index in [1.807, 2.05) is 18.2 Å². The minimum atomic E-state index is -4.69. The number of hydrogen-bond acceptors (Lipinski definition) is 5. The summed E-state index contributed by atoms with van der Waals surface area (Å²) >= 11 is 3.01. The molecule has 4 rings (SSSR count). The van der Waals surface area contributed by atoms with Gasteiger partial charge in [-0.15, -0.1) is 0 Å². The number of rotatable bonds is 5. The third-order valence-electron chi connectivity index (χ3n) is 4.77. The van der Waals surface area contributed by atoms with E-state index in [4.69, 9.17) is 0 Å². The molecule has 4 aromatic rings. The minimum Gasteiger partial charge on any atom is -0.298 e. The van der Waals surface area contributed by atoms with E-state index in [2.05, 4.69) is 31.0 Å². The molecule has 0 radical (unpaired) electrons. The zero-order valence-electron chi connectivity index (χ0n) is 16.9. The van der Waals surface area contributed by atoms with Crippen molar-refractivity contribution in [2.75, 3.05) is 7.05 Å². The van der Waals surface area contributed by atoms with Gasteiger partial charge in [0.1, 0.15) is 10.5 Å². The zero-order valence-corrected chi connectivity index (χ0v) is 19.3. The number of benzene rings is 1. The summed E-state index contributed by atoms with van der Waals surface area (Å²) in [4.78, 5) is 7.81. The predicted molar refractivity (Wildman–Crippen MR) is 120 cm³/mol. The molecule has 0 bridgehead atoms. The second-order valence-corrected chi connectivity index (χ2v) is 9.67. The summed E-state index contributed by atoms with van der Waals surface area (Å²) in [5.41, 5.74) is 1.74. The van der Waals surface area contributed by atoms with Crippen molar-refractivity contribution in [3.8, 4) is 11.1 Å². The maximum absolute atomic E-state index is 13.1. The molecule has 12 heteroatoms. The molecule has 0 aliphatic heterocycles. The number of pyridine rings is 2. The van der Waals surface area contributed by atoms with Crippen LogP contribution in [0.5, 0.6) is 0 Å². The fourth-order valence-electron chi connectivity index (χ4n) is 3.02. The molecule has 33 heavy (non-hydrogen) atoms. The Hall–Kier alpha value is -3.25. The van der Waals surface area contributed by atoms with Crippen LogP contribution in [-0.2, 0) is 16.2 Å². The number of nitrogens with zero attached hydrogens (tertiary/aromatic N) is 5. The van der Waals surface area contributed by atoms with E-state index >= 15 is 0 Å². The van der Waals surface area contributed by atoms with Crippen molar-refractivity contribution in [3.05, 3.63) is 83.0 Å². The Balaban J connectivity index is 1.67. The first kappa shape index (κ1) is 22.9. The Kier molecular flexibility index (Phi) is 5.97. The van der Waals surface area contributed by atoms with Gasteiger partial charge in [-0.3, -0.25) is 9.38 Å². The smallest absolute Gasteiger partial charge is 0.298 e. The SMILES string of the molecule is CN(/N=C/c1cnc2ccc(-c3cccnc3)cn12)S(=O)(=O)c1cc(C(F)(F)F)ccc1Br. The highest BCUT2D eigenvalue weighted by molar-refractivity contribution is 9.10. The average Bonchev–Trinajstić information content (AvgIpc) is 3.19. The van der Waals surface area contributed by atoms with Gasteiger partial charge in [0, 0.05) is 41.2 Å². The molecule has 0 aliphatic rings. The monoisotopic (exact) mass is 537 g/mol. The van der Waals surface area contributed by atoms with Crippen molar-refractivity contribution >= 4 is 37.8 Å². The van der Waals surface area contributed by atoms with Gasteiger partial charge in [-0.2, -0.15) is 31.1 Å². The number of alkyl halides is 3. The van der Waals surface area contributed by atoms with Gasteiger partial charge in [0.15, 0.2) is 0 Å². The van der Waals surface area contributed by atoms with Crippen LogP contribution in [0.2, 0.25) is 0 Å². The van der Waals surface area contributed by atoms with E-state index in [0.717, 1.165) is 30.3 Å². The Labute approximate surface area is 195 Å². The molecule has 1 aromatic carbocycles. The highest BCUT2D eigenvalue weighted by Gasteiger charge is 2.33. The van der Waals surface area contributed by atoms with E-state index in [1.54, 1.807) is 29.1 Å². The van der Waals surface area contributed by atoms with Crippen LogP contribution in [0.15, 0.2) is 81.7 Å². The second kappa shape index (κ2) is 8.60. The van der Waals surface area contributed by atoms with Crippen molar-refractivity contribution in [1.82, 2.24) is 18.8 Å². The quantitative estimate of drug-likeness (QED) is 0.269. The van der Waals surface area contributed by atoms with Crippen LogP contribution >= 0.6 is 15.9 Å². The second-order valence-electron chi connectivity index (χ2n) is 6.90. The fourth-order valence-corrected chi connectivity index (χ4v) is 4.93. The molecular formula is C21H15BrF3N5O2S. The van der Waals surface area contributed by atoms with Crippen LogP contribution in [0.1, 0.15) is 11.3 Å². The number of hydrogen-bond donors (Lipinski definition) is 0. The van der Waals surface area contributed by atoms with Crippen LogP contribution in [0.25, 0.3) is 16.8 Å². The number of halogens is 4. The third kappa shape index (κ3) is 4.62. The summed E-state index contributed by atoms with van der Waals surface area (Å²) in [5, 5.41) is 3.95. The van der Waals surface area contributed by atoms with Crippen molar-refractivity contribution in [3.63, 3.8) is 0 Å². The van der Waals surface area contributed by atoms with Crippen molar-refractivity contribution in [2.24, 2.45) is 5.10 Å². The topological polar surface area (TPSA) is 79.9 Å². The Bertz CT molecular complexity index is 1450. The van der Waals surface area contributed by atoms with Crippen molar-refractivity contribution < 1.29 is 21.6 Å². The van der Waals surface area contributed by atoms with Crippen molar-refractivity contribution in [2.45, 2.75) is 11.1 Å². The lowest BCUT2D eigenvalue weighted by atomic mass is 10.1. The molecule has 0 saturated carbocycles. The van der Waals surface area contributed by atoms with E-state index in [1.165, 1.54) is 12.4 Å². The first-order chi connectivity index (χ1) is 15.6. The molecule has 0 unspecified atom stereocenters. The lowest BCUT2D eigenvalue weighted by molar-refractivity contribution is -0.137. The molecule has 0 amide bonds. The van der Waals surface area contributed by atoms with E-state index in [9.17, 15) is 21.6 Å². The minimum absolute atomic E-state index is 0.00605. The summed E-state index contributed by atoms with van der Waals surface area (Å²) in [7, 11) is -3.22. The molecule has 0 spiro atoms. The van der Waals surface area contributed by atoms with Crippen molar-refractivity contribution in [1.29, 1.82) is 0 Å². The molecule has 170 valence electrons. The molecule has 0 fully saturated rings.